The fourth-order valence-electron chi connectivity index (χ4n) is 2.88. The van der Waals surface area contributed by atoms with Gasteiger partial charge in [0.2, 0.25) is 0 Å². The van der Waals surface area contributed by atoms with E-state index in [4.69, 9.17) is 5.73 Å². The standard InChI is InChI=1S/C17H29N3/c1-15(2)13-19-9-11-20(12-10-19)14-17-5-3-16(4-6-17)7-8-18/h3-6,15H,7-14,18H2,1-2H3. The van der Waals surface area contributed by atoms with Crippen LogP contribution in [0, 0.1) is 5.92 Å². The van der Waals surface area contributed by atoms with E-state index in [9.17, 15) is 0 Å². The van der Waals surface area contributed by atoms with Crippen LogP contribution in [0.3, 0.4) is 0 Å². The average molecular weight is 275 g/mol. The molecule has 1 aliphatic heterocycles. The molecule has 112 valence electrons. The maximum Gasteiger partial charge on any atom is 0.0234 e. The third kappa shape index (κ3) is 4.89. The Morgan fingerprint density at radius 3 is 2.05 bits per heavy atom. The van der Waals surface area contributed by atoms with Gasteiger partial charge in [-0.15, -0.1) is 0 Å². The molecule has 2 rings (SSSR count). The van der Waals surface area contributed by atoms with Crippen LogP contribution >= 0.6 is 0 Å². The Kier molecular flexibility index (Phi) is 6.02. The van der Waals surface area contributed by atoms with E-state index in [2.05, 4.69) is 47.9 Å². The predicted molar refractivity (Wildman–Crippen MR) is 85.8 cm³/mol. The molecule has 0 aromatic heterocycles. The Labute approximate surface area is 123 Å². The molecule has 0 amide bonds. The Hall–Kier alpha value is -0.900. The number of nitrogens with two attached hydrogens (primary N) is 1. The molecule has 20 heavy (non-hydrogen) atoms. The first kappa shape index (κ1) is 15.5. The van der Waals surface area contributed by atoms with Gasteiger partial charge in [0, 0.05) is 39.3 Å². The van der Waals surface area contributed by atoms with E-state index in [-0.39, 0.29) is 0 Å². The molecule has 1 aliphatic rings. The molecule has 1 fully saturated rings. The molecular formula is C17H29N3. The number of nitrogens with zero attached hydrogens (tertiary/aromatic N) is 2. The van der Waals surface area contributed by atoms with Crippen LogP contribution in [0.4, 0.5) is 0 Å². The lowest BCUT2D eigenvalue weighted by Crippen LogP contribution is -2.46. The van der Waals surface area contributed by atoms with E-state index in [1.54, 1.807) is 0 Å². The molecule has 0 radical (unpaired) electrons. The molecule has 3 heteroatoms. The highest BCUT2D eigenvalue weighted by Crippen LogP contribution is 2.11. The third-order valence-electron chi connectivity index (χ3n) is 3.95. The highest BCUT2D eigenvalue weighted by atomic mass is 15.3. The van der Waals surface area contributed by atoms with Crippen LogP contribution in [0.5, 0.6) is 0 Å². The van der Waals surface area contributed by atoms with Crippen molar-refractivity contribution in [2.45, 2.75) is 26.8 Å². The minimum atomic E-state index is 0.733. The van der Waals surface area contributed by atoms with Crippen molar-refractivity contribution in [1.29, 1.82) is 0 Å². The lowest BCUT2D eigenvalue weighted by Gasteiger charge is -2.35. The summed E-state index contributed by atoms with van der Waals surface area (Å²) in [5, 5.41) is 0. The SMILES string of the molecule is CC(C)CN1CCN(Cc2ccc(CCN)cc2)CC1. The first-order valence-corrected chi connectivity index (χ1v) is 7.90. The topological polar surface area (TPSA) is 32.5 Å². The van der Waals surface area contributed by atoms with Gasteiger partial charge in [0.05, 0.1) is 0 Å². The van der Waals surface area contributed by atoms with Gasteiger partial charge >= 0.3 is 0 Å². The number of hydrogen-bond donors (Lipinski definition) is 1. The zero-order valence-electron chi connectivity index (χ0n) is 13.0. The van der Waals surface area contributed by atoms with E-state index in [1.807, 2.05) is 0 Å². The van der Waals surface area contributed by atoms with Gasteiger partial charge in [0.1, 0.15) is 0 Å². The molecule has 1 heterocycles. The first-order chi connectivity index (χ1) is 9.67. The molecule has 0 unspecified atom stereocenters. The summed E-state index contributed by atoms with van der Waals surface area (Å²) >= 11 is 0. The summed E-state index contributed by atoms with van der Waals surface area (Å²) in [5.74, 6) is 0.775. The van der Waals surface area contributed by atoms with Crippen LogP contribution in [0.25, 0.3) is 0 Å². The summed E-state index contributed by atoms with van der Waals surface area (Å²) in [6.07, 6.45) is 0.980. The second-order valence-electron chi connectivity index (χ2n) is 6.33. The highest BCUT2D eigenvalue weighted by molar-refractivity contribution is 5.22. The molecule has 0 bridgehead atoms. The number of piperazine rings is 1. The van der Waals surface area contributed by atoms with Crippen molar-refractivity contribution in [3.05, 3.63) is 35.4 Å². The summed E-state index contributed by atoms with van der Waals surface area (Å²) in [6.45, 7) is 12.5. The van der Waals surface area contributed by atoms with E-state index < -0.39 is 0 Å². The predicted octanol–water partition coefficient (Wildman–Crippen LogP) is 1.96. The average Bonchev–Trinajstić information content (AvgIpc) is 2.43. The molecular weight excluding hydrogens is 246 g/mol. The van der Waals surface area contributed by atoms with E-state index >= 15 is 0 Å². The van der Waals surface area contributed by atoms with Crippen LogP contribution in [-0.2, 0) is 13.0 Å². The quantitative estimate of drug-likeness (QED) is 0.861. The van der Waals surface area contributed by atoms with E-state index in [1.165, 1.54) is 43.9 Å². The van der Waals surface area contributed by atoms with Gasteiger partial charge in [0.15, 0.2) is 0 Å². The van der Waals surface area contributed by atoms with Crippen molar-refractivity contribution in [3.8, 4) is 0 Å². The van der Waals surface area contributed by atoms with Crippen molar-refractivity contribution in [1.82, 2.24) is 9.80 Å². The number of benzene rings is 1. The molecule has 0 atom stereocenters. The van der Waals surface area contributed by atoms with Crippen LogP contribution in [0.2, 0.25) is 0 Å². The summed E-state index contributed by atoms with van der Waals surface area (Å²) < 4.78 is 0. The number of rotatable bonds is 6. The monoisotopic (exact) mass is 275 g/mol. The zero-order chi connectivity index (χ0) is 14.4. The van der Waals surface area contributed by atoms with E-state index in [0.717, 1.165) is 25.4 Å². The Morgan fingerprint density at radius 2 is 1.50 bits per heavy atom. The molecule has 0 spiro atoms. The van der Waals surface area contributed by atoms with Gasteiger partial charge in [-0.25, -0.2) is 0 Å². The second-order valence-corrected chi connectivity index (χ2v) is 6.33. The first-order valence-electron chi connectivity index (χ1n) is 7.90. The van der Waals surface area contributed by atoms with Crippen molar-refractivity contribution in [2.75, 3.05) is 39.3 Å². The molecule has 0 aliphatic carbocycles. The van der Waals surface area contributed by atoms with Crippen molar-refractivity contribution in [3.63, 3.8) is 0 Å². The van der Waals surface area contributed by atoms with Gasteiger partial charge in [-0.3, -0.25) is 4.90 Å². The molecule has 1 aromatic carbocycles. The zero-order valence-corrected chi connectivity index (χ0v) is 13.0. The minimum Gasteiger partial charge on any atom is -0.330 e. The smallest absolute Gasteiger partial charge is 0.0234 e. The lowest BCUT2D eigenvalue weighted by atomic mass is 10.1. The largest absolute Gasteiger partial charge is 0.330 e. The van der Waals surface area contributed by atoms with Gasteiger partial charge in [-0.1, -0.05) is 38.1 Å². The summed E-state index contributed by atoms with van der Waals surface area (Å²) in [5.41, 5.74) is 8.35. The molecule has 1 saturated heterocycles. The molecule has 0 saturated carbocycles. The highest BCUT2D eigenvalue weighted by Gasteiger charge is 2.17. The fraction of sp³-hybridized carbons (Fsp3) is 0.647. The fourth-order valence-corrected chi connectivity index (χ4v) is 2.88. The summed E-state index contributed by atoms with van der Waals surface area (Å²) in [7, 11) is 0. The molecule has 3 nitrogen and oxygen atoms in total. The summed E-state index contributed by atoms with van der Waals surface area (Å²) in [6, 6.07) is 8.95. The van der Waals surface area contributed by atoms with Gasteiger partial charge < -0.3 is 10.6 Å². The van der Waals surface area contributed by atoms with E-state index in [0.29, 0.717) is 0 Å². The Balaban J connectivity index is 1.77. The van der Waals surface area contributed by atoms with Crippen molar-refractivity contribution in [2.24, 2.45) is 11.7 Å². The van der Waals surface area contributed by atoms with Crippen molar-refractivity contribution < 1.29 is 0 Å². The van der Waals surface area contributed by atoms with Crippen LogP contribution in [-0.4, -0.2) is 49.1 Å². The second kappa shape index (κ2) is 7.77. The third-order valence-corrected chi connectivity index (χ3v) is 3.95. The molecule has 2 N–H and O–H groups in total. The minimum absolute atomic E-state index is 0.733. The Bertz CT molecular complexity index is 378. The number of hydrogen-bond acceptors (Lipinski definition) is 3. The normalized spacial score (nSPS) is 17.8. The lowest BCUT2D eigenvalue weighted by molar-refractivity contribution is 0.117. The Morgan fingerprint density at radius 1 is 0.950 bits per heavy atom. The maximum absolute atomic E-state index is 5.58. The van der Waals surface area contributed by atoms with Gasteiger partial charge in [-0.05, 0) is 30.0 Å². The van der Waals surface area contributed by atoms with Crippen LogP contribution in [0.15, 0.2) is 24.3 Å². The van der Waals surface area contributed by atoms with Crippen molar-refractivity contribution >= 4 is 0 Å². The van der Waals surface area contributed by atoms with Crippen LogP contribution in [0.1, 0.15) is 25.0 Å². The maximum atomic E-state index is 5.58. The summed E-state index contributed by atoms with van der Waals surface area (Å²) in [4.78, 5) is 5.15. The van der Waals surface area contributed by atoms with Gasteiger partial charge in [0.25, 0.3) is 0 Å². The van der Waals surface area contributed by atoms with Gasteiger partial charge in [-0.2, -0.15) is 0 Å². The molecule has 1 aromatic rings. The van der Waals surface area contributed by atoms with Crippen LogP contribution < -0.4 is 5.73 Å².